The molecule has 5 fully saturated rings. The molecule has 0 aromatic rings. The molecular weight excluding hydrogens is 410 g/mol. The average molecular weight is 460 g/mol. The Morgan fingerprint density at radius 1 is 0.970 bits per heavy atom. The summed E-state index contributed by atoms with van der Waals surface area (Å²) in [5.41, 5.74) is 0.307. The lowest BCUT2D eigenvalue weighted by molar-refractivity contribution is -0.175. The van der Waals surface area contributed by atoms with Crippen LogP contribution in [0.2, 0.25) is 0 Å². The second-order valence-electron chi connectivity index (χ2n) is 13.3. The minimum Gasteiger partial charge on any atom is -0.393 e. The molecule has 0 unspecified atom stereocenters. The first kappa shape index (κ1) is 24.1. The predicted molar refractivity (Wildman–Crippen MR) is 131 cm³/mol. The van der Waals surface area contributed by atoms with E-state index >= 15 is 0 Å². The largest absolute Gasteiger partial charge is 0.393 e. The molecule has 10 atom stereocenters. The lowest BCUT2D eigenvalue weighted by atomic mass is 9.43. The molecule has 0 radical (unpaired) electrons. The highest BCUT2D eigenvalue weighted by Gasteiger charge is 2.63. The van der Waals surface area contributed by atoms with Gasteiger partial charge in [0.05, 0.1) is 12.2 Å². The maximum atomic E-state index is 12.8. The summed E-state index contributed by atoms with van der Waals surface area (Å²) in [5.74, 6) is 4.00. The van der Waals surface area contributed by atoms with E-state index < -0.39 is 0 Å². The van der Waals surface area contributed by atoms with Crippen molar-refractivity contribution in [2.24, 2.45) is 46.3 Å². The number of nitrogens with zero attached hydrogens (tertiary/aromatic N) is 1. The molecule has 33 heavy (non-hydrogen) atoms. The monoisotopic (exact) mass is 459 g/mol. The number of aliphatic hydroxyl groups excluding tert-OH is 2. The number of rotatable bonds is 4. The summed E-state index contributed by atoms with van der Waals surface area (Å²) in [7, 11) is 0. The van der Waals surface area contributed by atoms with E-state index in [9.17, 15) is 15.0 Å². The normalized spacial score (nSPS) is 48.5. The molecule has 4 nitrogen and oxygen atoms in total. The van der Waals surface area contributed by atoms with Crippen LogP contribution in [0.3, 0.4) is 0 Å². The number of amides is 1. The Bertz CT molecular complexity index is 720. The second kappa shape index (κ2) is 9.12. The Hall–Kier alpha value is -0.610. The first-order chi connectivity index (χ1) is 15.7. The van der Waals surface area contributed by atoms with Crippen LogP contribution in [0.1, 0.15) is 104 Å². The van der Waals surface area contributed by atoms with Crippen LogP contribution in [0.5, 0.6) is 0 Å². The SMILES string of the molecule is C[C@H](CCC(=O)N1CCCCC1)[C@H]1CC[C@H]2[C@@H]3CC[C@@H]4C[C@H](O)CC[C@]4(C)[C@H]3C[C@H](O)[C@]12C. The molecule has 0 aromatic heterocycles. The van der Waals surface area contributed by atoms with Gasteiger partial charge in [0, 0.05) is 19.5 Å². The molecular formula is C29H49NO3. The van der Waals surface area contributed by atoms with Crippen LogP contribution < -0.4 is 0 Å². The second-order valence-corrected chi connectivity index (χ2v) is 13.3. The van der Waals surface area contributed by atoms with Crippen molar-refractivity contribution < 1.29 is 15.0 Å². The molecule has 0 aromatic carbocycles. The summed E-state index contributed by atoms with van der Waals surface area (Å²) < 4.78 is 0. The van der Waals surface area contributed by atoms with Crippen molar-refractivity contribution in [3.8, 4) is 0 Å². The minimum absolute atomic E-state index is 0.00608. The van der Waals surface area contributed by atoms with Gasteiger partial charge in [-0.3, -0.25) is 4.79 Å². The molecule has 188 valence electrons. The summed E-state index contributed by atoms with van der Waals surface area (Å²) in [4.78, 5) is 14.9. The molecule has 2 N–H and O–H groups in total. The van der Waals surface area contributed by atoms with E-state index in [-0.39, 0.29) is 17.6 Å². The zero-order valence-electron chi connectivity index (χ0n) is 21.5. The van der Waals surface area contributed by atoms with E-state index in [0.29, 0.717) is 47.3 Å². The van der Waals surface area contributed by atoms with Crippen molar-refractivity contribution in [3.63, 3.8) is 0 Å². The highest BCUT2D eigenvalue weighted by Crippen LogP contribution is 2.68. The molecule has 5 rings (SSSR count). The molecule has 4 heteroatoms. The first-order valence-corrected chi connectivity index (χ1v) is 14.4. The number of hydrogen-bond acceptors (Lipinski definition) is 3. The Morgan fingerprint density at radius 2 is 1.73 bits per heavy atom. The van der Waals surface area contributed by atoms with Gasteiger partial charge < -0.3 is 15.1 Å². The van der Waals surface area contributed by atoms with E-state index in [1.807, 2.05) is 0 Å². The Labute approximate surface area is 201 Å². The molecule has 1 amide bonds. The highest BCUT2D eigenvalue weighted by atomic mass is 16.3. The topological polar surface area (TPSA) is 60.8 Å². The first-order valence-electron chi connectivity index (χ1n) is 14.4. The van der Waals surface area contributed by atoms with E-state index in [1.165, 1.54) is 32.1 Å². The van der Waals surface area contributed by atoms with E-state index in [0.717, 1.165) is 64.0 Å². The zero-order valence-corrected chi connectivity index (χ0v) is 21.5. The number of piperidine rings is 1. The van der Waals surface area contributed by atoms with Crippen molar-refractivity contribution >= 4 is 5.91 Å². The summed E-state index contributed by atoms with van der Waals surface area (Å²) in [6.07, 6.45) is 14.0. The summed E-state index contributed by atoms with van der Waals surface area (Å²) >= 11 is 0. The van der Waals surface area contributed by atoms with Crippen molar-refractivity contribution in [2.75, 3.05) is 13.1 Å². The third-order valence-corrected chi connectivity index (χ3v) is 12.0. The standard InChI is InChI=1S/C29H49NO3/c1-19(7-12-27(33)30-15-5-4-6-16-30)23-10-11-24-22-9-8-20-17-21(31)13-14-28(20,2)25(22)18-26(32)29(23,24)3/h19-26,31-32H,4-18H2,1-3H3/t19-,20-,21-,22+,23-,24+,25+,26+,28+,29-/m1/s1. The van der Waals surface area contributed by atoms with Gasteiger partial charge in [-0.15, -0.1) is 0 Å². The zero-order chi connectivity index (χ0) is 23.4. The molecule has 0 spiro atoms. The molecule has 1 aliphatic heterocycles. The Balaban J connectivity index is 1.27. The van der Waals surface area contributed by atoms with Crippen molar-refractivity contribution in [3.05, 3.63) is 0 Å². The molecule has 4 saturated carbocycles. The summed E-state index contributed by atoms with van der Waals surface area (Å²) in [6, 6.07) is 0. The summed E-state index contributed by atoms with van der Waals surface area (Å²) in [6.45, 7) is 9.18. The maximum Gasteiger partial charge on any atom is 0.222 e. The van der Waals surface area contributed by atoms with E-state index in [2.05, 4.69) is 25.7 Å². The molecule has 5 aliphatic rings. The number of aliphatic hydroxyl groups is 2. The quantitative estimate of drug-likeness (QED) is 0.591. The number of hydrogen-bond donors (Lipinski definition) is 2. The van der Waals surface area contributed by atoms with Crippen LogP contribution in [0.4, 0.5) is 0 Å². The molecule has 4 aliphatic carbocycles. The van der Waals surface area contributed by atoms with Crippen molar-refractivity contribution in [2.45, 2.75) is 116 Å². The number of carbonyl (C=O) groups excluding carboxylic acids is 1. The van der Waals surface area contributed by atoms with Crippen LogP contribution in [0.25, 0.3) is 0 Å². The van der Waals surface area contributed by atoms with E-state index in [4.69, 9.17) is 0 Å². The van der Waals surface area contributed by atoms with Crippen LogP contribution in [0, 0.1) is 46.3 Å². The smallest absolute Gasteiger partial charge is 0.222 e. The predicted octanol–water partition coefficient (Wildman–Crippen LogP) is 5.41. The van der Waals surface area contributed by atoms with Gasteiger partial charge in [0.1, 0.15) is 0 Å². The summed E-state index contributed by atoms with van der Waals surface area (Å²) in [5, 5.41) is 22.0. The van der Waals surface area contributed by atoms with Crippen LogP contribution in [0.15, 0.2) is 0 Å². The molecule has 1 heterocycles. The Morgan fingerprint density at radius 3 is 2.48 bits per heavy atom. The lowest BCUT2D eigenvalue weighted by Gasteiger charge is -2.62. The third-order valence-electron chi connectivity index (χ3n) is 12.0. The van der Waals surface area contributed by atoms with Crippen molar-refractivity contribution in [1.29, 1.82) is 0 Å². The van der Waals surface area contributed by atoms with Gasteiger partial charge in [-0.2, -0.15) is 0 Å². The third kappa shape index (κ3) is 3.99. The fourth-order valence-electron chi connectivity index (χ4n) is 10.0. The van der Waals surface area contributed by atoms with Crippen LogP contribution in [-0.2, 0) is 4.79 Å². The van der Waals surface area contributed by atoms with Gasteiger partial charge in [-0.25, -0.2) is 0 Å². The number of fused-ring (bicyclic) bond motifs is 5. The molecule has 1 saturated heterocycles. The minimum atomic E-state index is -0.223. The van der Waals surface area contributed by atoms with Gasteiger partial charge in [-0.05, 0) is 123 Å². The lowest BCUT2D eigenvalue weighted by Crippen LogP contribution is -2.58. The fourth-order valence-corrected chi connectivity index (χ4v) is 10.0. The molecule has 0 bridgehead atoms. The van der Waals surface area contributed by atoms with Crippen molar-refractivity contribution in [1.82, 2.24) is 4.90 Å². The van der Waals surface area contributed by atoms with E-state index in [1.54, 1.807) is 0 Å². The van der Waals surface area contributed by atoms with Gasteiger partial charge in [0.2, 0.25) is 5.91 Å². The van der Waals surface area contributed by atoms with Gasteiger partial charge in [0.25, 0.3) is 0 Å². The van der Waals surface area contributed by atoms with Crippen LogP contribution >= 0.6 is 0 Å². The fraction of sp³-hybridized carbons (Fsp3) is 0.966. The van der Waals surface area contributed by atoms with Gasteiger partial charge in [0.15, 0.2) is 0 Å². The number of carbonyl (C=O) groups is 1. The van der Waals surface area contributed by atoms with Gasteiger partial charge >= 0.3 is 0 Å². The Kier molecular flexibility index (Phi) is 6.66. The maximum absolute atomic E-state index is 12.8. The van der Waals surface area contributed by atoms with Crippen LogP contribution in [-0.4, -0.2) is 46.3 Å². The number of likely N-dealkylation sites (tertiary alicyclic amines) is 1. The van der Waals surface area contributed by atoms with Gasteiger partial charge in [-0.1, -0.05) is 20.8 Å². The average Bonchev–Trinajstić information content (AvgIpc) is 3.18. The highest BCUT2D eigenvalue weighted by molar-refractivity contribution is 5.76.